The zero-order valence-electron chi connectivity index (χ0n) is 17.3. The van der Waals surface area contributed by atoms with Gasteiger partial charge in [0.1, 0.15) is 16.8 Å². The molecule has 2 aromatic heterocycles. The van der Waals surface area contributed by atoms with Gasteiger partial charge >= 0.3 is 0 Å². The molecule has 1 aliphatic rings. The van der Waals surface area contributed by atoms with Crippen molar-refractivity contribution in [2.24, 2.45) is 0 Å². The summed E-state index contributed by atoms with van der Waals surface area (Å²) in [5.41, 5.74) is 5.46. The van der Waals surface area contributed by atoms with Gasteiger partial charge < -0.3 is 5.32 Å². The van der Waals surface area contributed by atoms with Crippen molar-refractivity contribution >= 4 is 28.8 Å². The first kappa shape index (κ1) is 21.3. The predicted octanol–water partition coefficient (Wildman–Crippen LogP) is 5.47. The fraction of sp³-hybridized carbons (Fsp3) is 0.167. The monoisotopic (exact) mass is 477 g/mol. The third-order valence-corrected chi connectivity index (χ3v) is 6.67. The largest absolute Gasteiger partial charge is 0.347 e. The van der Waals surface area contributed by atoms with Crippen LogP contribution in [0.5, 0.6) is 0 Å². The standard InChI is InChI=1S/C24H17ClFN5OS/c25-20-7-15(3-4-16(20)9-27)18-11-30-31(12-18)19-6-5-17(21(26)8-19)10-28-24(32)23-22(14-1-2-14)29-13-33-23/h3-8,11-14H,1-2,10H2,(H,28,32). The molecule has 0 saturated heterocycles. The lowest BCUT2D eigenvalue weighted by atomic mass is 10.1. The number of aromatic nitrogens is 3. The van der Waals surface area contributed by atoms with Crippen LogP contribution in [-0.4, -0.2) is 20.7 Å². The second-order valence-electron chi connectivity index (χ2n) is 7.78. The van der Waals surface area contributed by atoms with Crippen molar-refractivity contribution in [2.75, 3.05) is 0 Å². The van der Waals surface area contributed by atoms with Crippen LogP contribution in [0.15, 0.2) is 54.3 Å². The summed E-state index contributed by atoms with van der Waals surface area (Å²) in [7, 11) is 0. The summed E-state index contributed by atoms with van der Waals surface area (Å²) in [6.07, 6.45) is 5.54. The maximum Gasteiger partial charge on any atom is 0.263 e. The molecular weight excluding hydrogens is 461 g/mol. The van der Waals surface area contributed by atoms with Crippen LogP contribution in [0.2, 0.25) is 5.02 Å². The van der Waals surface area contributed by atoms with Crippen LogP contribution in [0.25, 0.3) is 16.8 Å². The maximum atomic E-state index is 14.8. The number of halogens is 2. The number of thiazole rings is 1. The van der Waals surface area contributed by atoms with E-state index < -0.39 is 5.82 Å². The first-order valence-electron chi connectivity index (χ1n) is 10.3. The molecule has 2 aromatic carbocycles. The van der Waals surface area contributed by atoms with Crippen LogP contribution in [0.4, 0.5) is 4.39 Å². The molecule has 1 amide bonds. The smallest absolute Gasteiger partial charge is 0.263 e. The highest BCUT2D eigenvalue weighted by Crippen LogP contribution is 2.41. The Balaban J connectivity index is 1.29. The van der Waals surface area contributed by atoms with Crippen molar-refractivity contribution in [1.29, 1.82) is 5.26 Å². The number of nitrogens with one attached hydrogen (secondary N) is 1. The van der Waals surface area contributed by atoms with Crippen molar-refractivity contribution in [2.45, 2.75) is 25.3 Å². The second-order valence-corrected chi connectivity index (χ2v) is 9.04. The lowest BCUT2D eigenvalue weighted by molar-refractivity contribution is 0.0953. The molecule has 0 bridgehead atoms. The highest BCUT2D eigenvalue weighted by atomic mass is 35.5. The SMILES string of the molecule is N#Cc1ccc(-c2cnn(-c3ccc(CNC(=O)c4scnc4C4CC4)c(F)c3)c2)cc1Cl. The van der Waals surface area contributed by atoms with Gasteiger partial charge in [-0.2, -0.15) is 10.4 Å². The van der Waals surface area contributed by atoms with Crippen LogP contribution in [-0.2, 0) is 6.54 Å². The Morgan fingerprint density at radius 1 is 1.27 bits per heavy atom. The molecule has 4 aromatic rings. The highest BCUT2D eigenvalue weighted by Gasteiger charge is 2.30. The molecule has 1 aliphatic carbocycles. The molecule has 1 fully saturated rings. The molecule has 164 valence electrons. The number of hydrogen-bond acceptors (Lipinski definition) is 5. The van der Waals surface area contributed by atoms with Gasteiger partial charge in [-0.15, -0.1) is 11.3 Å². The molecule has 1 saturated carbocycles. The van der Waals surface area contributed by atoms with E-state index in [-0.39, 0.29) is 12.5 Å². The van der Waals surface area contributed by atoms with Gasteiger partial charge in [-0.25, -0.2) is 14.1 Å². The molecule has 1 N–H and O–H groups in total. The van der Waals surface area contributed by atoms with E-state index in [0.29, 0.717) is 32.6 Å². The molecule has 33 heavy (non-hydrogen) atoms. The van der Waals surface area contributed by atoms with Crippen LogP contribution in [0.1, 0.15) is 45.3 Å². The van der Waals surface area contributed by atoms with Gasteiger partial charge in [-0.3, -0.25) is 4.79 Å². The molecule has 2 heterocycles. The number of benzene rings is 2. The molecule has 0 spiro atoms. The molecular formula is C24H17ClFN5OS. The summed E-state index contributed by atoms with van der Waals surface area (Å²) >= 11 is 7.44. The van der Waals surface area contributed by atoms with E-state index in [1.165, 1.54) is 17.4 Å². The van der Waals surface area contributed by atoms with Gasteiger partial charge in [-0.1, -0.05) is 23.7 Å². The number of amides is 1. The number of carbonyl (C=O) groups excluding carboxylic acids is 1. The van der Waals surface area contributed by atoms with E-state index in [4.69, 9.17) is 16.9 Å². The number of nitriles is 1. The Morgan fingerprint density at radius 2 is 2.12 bits per heavy atom. The maximum absolute atomic E-state index is 14.8. The minimum absolute atomic E-state index is 0.0844. The van der Waals surface area contributed by atoms with Crippen LogP contribution in [0, 0.1) is 17.1 Å². The van der Waals surface area contributed by atoms with Gasteiger partial charge in [0.15, 0.2) is 0 Å². The highest BCUT2D eigenvalue weighted by molar-refractivity contribution is 7.11. The van der Waals surface area contributed by atoms with Crippen LogP contribution >= 0.6 is 22.9 Å². The molecule has 6 nitrogen and oxygen atoms in total. The Hall–Kier alpha value is -3.54. The molecule has 9 heteroatoms. The van der Waals surface area contributed by atoms with E-state index in [1.54, 1.807) is 52.9 Å². The van der Waals surface area contributed by atoms with Gasteiger partial charge in [0, 0.05) is 29.8 Å². The van der Waals surface area contributed by atoms with Crippen molar-refractivity contribution < 1.29 is 9.18 Å². The topological polar surface area (TPSA) is 83.6 Å². The van der Waals surface area contributed by atoms with E-state index in [0.717, 1.165) is 29.7 Å². The second kappa shape index (κ2) is 8.77. The van der Waals surface area contributed by atoms with E-state index in [1.807, 2.05) is 6.07 Å². The van der Waals surface area contributed by atoms with Crippen molar-refractivity contribution in [3.05, 3.63) is 86.8 Å². The summed E-state index contributed by atoms with van der Waals surface area (Å²) in [5, 5.41) is 16.5. The zero-order chi connectivity index (χ0) is 22.9. The number of rotatable bonds is 6. The van der Waals surface area contributed by atoms with Crippen molar-refractivity contribution in [1.82, 2.24) is 20.1 Å². The molecule has 0 atom stereocenters. The molecule has 5 rings (SSSR count). The minimum atomic E-state index is -0.432. The van der Waals surface area contributed by atoms with E-state index in [2.05, 4.69) is 15.4 Å². The number of hydrogen-bond donors (Lipinski definition) is 1. The Labute approximate surface area is 198 Å². The summed E-state index contributed by atoms with van der Waals surface area (Å²) in [6.45, 7) is 0.0844. The Bertz CT molecular complexity index is 1400. The molecule has 0 unspecified atom stereocenters. The van der Waals surface area contributed by atoms with Crippen molar-refractivity contribution in [3.63, 3.8) is 0 Å². The normalized spacial score (nSPS) is 13.0. The average Bonchev–Trinajstić information content (AvgIpc) is 3.33. The Kier molecular flexibility index (Phi) is 5.67. The molecule has 0 radical (unpaired) electrons. The van der Waals surface area contributed by atoms with E-state index >= 15 is 0 Å². The van der Waals surface area contributed by atoms with Gasteiger partial charge in [0.05, 0.1) is 33.7 Å². The first-order chi connectivity index (χ1) is 16.0. The number of nitrogens with zero attached hydrogens (tertiary/aromatic N) is 4. The predicted molar refractivity (Wildman–Crippen MR) is 124 cm³/mol. The quantitative estimate of drug-likeness (QED) is 0.399. The summed E-state index contributed by atoms with van der Waals surface area (Å²) in [6, 6.07) is 11.9. The summed E-state index contributed by atoms with van der Waals surface area (Å²) in [4.78, 5) is 17.4. The average molecular weight is 478 g/mol. The summed E-state index contributed by atoms with van der Waals surface area (Å²) in [5.74, 6) is -0.272. The van der Waals surface area contributed by atoms with Gasteiger partial charge in [-0.05, 0) is 42.7 Å². The third kappa shape index (κ3) is 4.38. The lowest BCUT2D eigenvalue weighted by Crippen LogP contribution is -2.23. The first-order valence-corrected chi connectivity index (χ1v) is 11.5. The number of carbonyl (C=O) groups is 1. The van der Waals surface area contributed by atoms with Gasteiger partial charge in [0.2, 0.25) is 0 Å². The Morgan fingerprint density at radius 3 is 2.85 bits per heavy atom. The van der Waals surface area contributed by atoms with Gasteiger partial charge in [0.25, 0.3) is 5.91 Å². The lowest BCUT2D eigenvalue weighted by Gasteiger charge is -2.08. The third-order valence-electron chi connectivity index (χ3n) is 5.51. The summed E-state index contributed by atoms with van der Waals surface area (Å²) < 4.78 is 16.3. The van der Waals surface area contributed by atoms with Crippen LogP contribution < -0.4 is 5.32 Å². The molecule has 0 aliphatic heterocycles. The minimum Gasteiger partial charge on any atom is -0.347 e. The van der Waals surface area contributed by atoms with Crippen molar-refractivity contribution in [3.8, 4) is 22.9 Å². The fourth-order valence-corrected chi connectivity index (χ4v) is 4.56. The van der Waals surface area contributed by atoms with Crippen LogP contribution in [0.3, 0.4) is 0 Å². The zero-order valence-corrected chi connectivity index (χ0v) is 18.8. The fourth-order valence-electron chi connectivity index (χ4n) is 3.55. The van der Waals surface area contributed by atoms with E-state index in [9.17, 15) is 9.18 Å².